The molecule has 5 nitrogen and oxygen atoms in total. The predicted octanol–water partition coefficient (Wildman–Crippen LogP) is 0.225. The fourth-order valence-corrected chi connectivity index (χ4v) is 1.17. The van der Waals surface area contributed by atoms with Crippen LogP contribution in [0.25, 0.3) is 0 Å². The molecule has 0 saturated heterocycles. The maximum atomic E-state index is 12.0. The second kappa shape index (κ2) is 4.54. The van der Waals surface area contributed by atoms with Crippen molar-refractivity contribution >= 4 is 0 Å². The number of aromatic amines is 1. The highest BCUT2D eigenvalue weighted by Crippen LogP contribution is 2.25. The van der Waals surface area contributed by atoms with Gasteiger partial charge in [-0.25, -0.2) is 0 Å². The minimum absolute atomic E-state index is 0.102. The van der Waals surface area contributed by atoms with Crippen molar-refractivity contribution in [2.75, 3.05) is 0 Å². The molecule has 0 spiro atoms. The van der Waals surface area contributed by atoms with Crippen LogP contribution in [0.3, 0.4) is 0 Å². The second-order valence-corrected chi connectivity index (χ2v) is 2.88. The molecule has 0 aliphatic heterocycles. The number of alkyl halides is 3. The Hall–Kier alpha value is -1.54. The Kier molecular flexibility index (Phi) is 3.55. The summed E-state index contributed by atoms with van der Waals surface area (Å²) in [4.78, 5) is 12.8. The molecule has 1 aromatic rings. The first-order valence-electron chi connectivity index (χ1n) is 4.19. The van der Waals surface area contributed by atoms with Crippen LogP contribution in [-0.4, -0.2) is 16.5 Å². The Morgan fingerprint density at radius 2 is 2.12 bits per heavy atom. The number of nitrogens with one attached hydrogen (secondary N) is 1. The van der Waals surface area contributed by atoms with Gasteiger partial charge in [-0.2, -0.15) is 0 Å². The van der Waals surface area contributed by atoms with Crippen LogP contribution < -0.4 is 16.0 Å². The molecule has 4 N–H and O–H groups in total. The molecule has 0 atom stereocenters. The lowest BCUT2D eigenvalue weighted by molar-refractivity contribution is -0.276. The molecule has 0 fully saturated rings. The number of aliphatic hydroxyl groups is 1. The number of ether oxygens (including phenoxy) is 1. The second-order valence-electron chi connectivity index (χ2n) is 2.88. The first-order chi connectivity index (χ1) is 7.37. The van der Waals surface area contributed by atoms with E-state index in [0.717, 1.165) is 6.07 Å². The van der Waals surface area contributed by atoms with Crippen molar-refractivity contribution in [3.8, 4) is 5.88 Å². The van der Waals surface area contributed by atoms with Crippen molar-refractivity contribution in [1.82, 2.24) is 4.98 Å². The monoisotopic (exact) mass is 238 g/mol. The van der Waals surface area contributed by atoms with Crippen molar-refractivity contribution in [1.29, 1.82) is 0 Å². The van der Waals surface area contributed by atoms with Gasteiger partial charge in [0, 0.05) is 18.2 Å². The van der Waals surface area contributed by atoms with Crippen molar-refractivity contribution < 1.29 is 23.0 Å². The van der Waals surface area contributed by atoms with Crippen molar-refractivity contribution in [3.05, 3.63) is 27.5 Å². The third-order valence-corrected chi connectivity index (χ3v) is 1.80. The molecule has 0 aliphatic rings. The molecule has 8 heteroatoms. The third kappa shape index (κ3) is 2.97. The van der Waals surface area contributed by atoms with Gasteiger partial charge >= 0.3 is 6.36 Å². The lowest BCUT2D eigenvalue weighted by atomic mass is 10.1. The molecule has 0 bridgehead atoms. The number of hydrogen-bond acceptors (Lipinski definition) is 4. The van der Waals surface area contributed by atoms with Crippen LogP contribution in [0.5, 0.6) is 5.88 Å². The summed E-state index contributed by atoms with van der Waals surface area (Å²) in [6.45, 7) is -0.886. The number of aliphatic hydroxyl groups excluding tert-OH is 1. The van der Waals surface area contributed by atoms with E-state index < -0.39 is 24.4 Å². The molecule has 16 heavy (non-hydrogen) atoms. The van der Waals surface area contributed by atoms with Crippen LogP contribution in [-0.2, 0) is 13.2 Å². The van der Waals surface area contributed by atoms with E-state index in [2.05, 4.69) is 4.74 Å². The molecule has 0 radical (unpaired) electrons. The average Bonchev–Trinajstić information content (AvgIpc) is 2.14. The highest BCUT2D eigenvalue weighted by Gasteiger charge is 2.33. The zero-order valence-electron chi connectivity index (χ0n) is 7.97. The summed E-state index contributed by atoms with van der Waals surface area (Å²) in [6, 6.07) is 1.01. The maximum Gasteiger partial charge on any atom is 0.574 e. The smallest absolute Gasteiger partial charge is 0.391 e. The van der Waals surface area contributed by atoms with Crippen LogP contribution >= 0.6 is 0 Å². The van der Waals surface area contributed by atoms with E-state index in [0.29, 0.717) is 0 Å². The van der Waals surface area contributed by atoms with Gasteiger partial charge in [-0.05, 0) is 5.56 Å². The topological polar surface area (TPSA) is 88.3 Å². The molecule has 1 heterocycles. The SMILES string of the molecule is NCc1cc(=O)[nH]c(OC(F)(F)F)c1CO. The van der Waals surface area contributed by atoms with Crippen LogP contribution in [0.4, 0.5) is 13.2 Å². The Morgan fingerprint density at radius 1 is 1.50 bits per heavy atom. The summed E-state index contributed by atoms with van der Waals surface area (Å²) in [5.74, 6) is -0.831. The highest BCUT2D eigenvalue weighted by atomic mass is 19.4. The normalized spacial score (nSPS) is 11.6. The van der Waals surface area contributed by atoms with E-state index in [9.17, 15) is 18.0 Å². The summed E-state index contributed by atoms with van der Waals surface area (Å²) < 4.78 is 39.5. The highest BCUT2D eigenvalue weighted by molar-refractivity contribution is 5.33. The average molecular weight is 238 g/mol. The minimum atomic E-state index is -4.94. The molecular weight excluding hydrogens is 229 g/mol. The Morgan fingerprint density at radius 3 is 2.56 bits per heavy atom. The van der Waals surface area contributed by atoms with Crippen LogP contribution in [0.2, 0.25) is 0 Å². The first-order valence-corrected chi connectivity index (χ1v) is 4.19. The molecule has 1 aromatic heterocycles. The van der Waals surface area contributed by atoms with Gasteiger partial charge in [0.05, 0.1) is 6.61 Å². The molecule has 0 unspecified atom stereocenters. The summed E-state index contributed by atoms with van der Waals surface area (Å²) in [5.41, 5.74) is 4.37. The number of H-pyrrole nitrogens is 1. The van der Waals surface area contributed by atoms with Crippen molar-refractivity contribution in [3.63, 3.8) is 0 Å². The third-order valence-electron chi connectivity index (χ3n) is 1.80. The molecule has 0 aromatic carbocycles. The minimum Gasteiger partial charge on any atom is -0.391 e. The van der Waals surface area contributed by atoms with Crippen LogP contribution in [0, 0.1) is 0 Å². The Labute approximate surface area is 87.7 Å². The fraction of sp³-hybridized carbons (Fsp3) is 0.375. The van der Waals surface area contributed by atoms with E-state index in [1.54, 1.807) is 0 Å². The van der Waals surface area contributed by atoms with Crippen LogP contribution in [0.15, 0.2) is 10.9 Å². The molecule has 0 saturated carbocycles. The van der Waals surface area contributed by atoms with E-state index in [1.807, 2.05) is 4.98 Å². The van der Waals surface area contributed by atoms with Gasteiger partial charge in [0.2, 0.25) is 5.88 Å². The van der Waals surface area contributed by atoms with E-state index in [1.165, 1.54) is 0 Å². The van der Waals surface area contributed by atoms with Gasteiger partial charge in [0.1, 0.15) is 0 Å². The number of nitrogens with two attached hydrogens (primary N) is 1. The molecule has 0 amide bonds. The summed E-state index contributed by atoms with van der Waals surface area (Å²) in [6.07, 6.45) is -4.94. The molecular formula is C8H9F3N2O3. The fourth-order valence-electron chi connectivity index (χ4n) is 1.17. The summed E-state index contributed by atoms with van der Waals surface area (Å²) in [5, 5.41) is 8.89. The number of aromatic nitrogens is 1. The maximum absolute atomic E-state index is 12.0. The van der Waals surface area contributed by atoms with Gasteiger partial charge in [0.15, 0.2) is 0 Å². The number of halogens is 3. The van der Waals surface area contributed by atoms with E-state index in [-0.39, 0.29) is 17.7 Å². The summed E-state index contributed by atoms with van der Waals surface area (Å²) >= 11 is 0. The standard InChI is InChI=1S/C8H9F3N2O3/c9-8(10,11)16-7-5(3-14)4(2-12)1-6(15)13-7/h1,14H,2-3,12H2,(H,13,15). The molecule has 90 valence electrons. The lowest BCUT2D eigenvalue weighted by Gasteiger charge is -2.13. The number of rotatable bonds is 3. The van der Waals surface area contributed by atoms with Crippen molar-refractivity contribution in [2.45, 2.75) is 19.5 Å². The molecule has 1 rings (SSSR count). The quantitative estimate of drug-likeness (QED) is 0.703. The van der Waals surface area contributed by atoms with Gasteiger partial charge < -0.3 is 15.6 Å². The number of pyridine rings is 1. The van der Waals surface area contributed by atoms with Gasteiger partial charge in [-0.1, -0.05) is 0 Å². The van der Waals surface area contributed by atoms with Gasteiger partial charge in [0.25, 0.3) is 5.56 Å². The zero-order valence-corrected chi connectivity index (χ0v) is 7.97. The van der Waals surface area contributed by atoms with E-state index >= 15 is 0 Å². The van der Waals surface area contributed by atoms with E-state index in [4.69, 9.17) is 10.8 Å². The molecule has 0 aliphatic carbocycles. The first kappa shape index (κ1) is 12.5. The Bertz CT molecular complexity index is 428. The van der Waals surface area contributed by atoms with Crippen LogP contribution in [0.1, 0.15) is 11.1 Å². The largest absolute Gasteiger partial charge is 0.574 e. The number of hydrogen-bond donors (Lipinski definition) is 3. The van der Waals surface area contributed by atoms with Gasteiger partial charge in [-0.15, -0.1) is 13.2 Å². The van der Waals surface area contributed by atoms with Crippen molar-refractivity contribution in [2.24, 2.45) is 5.73 Å². The lowest BCUT2D eigenvalue weighted by Crippen LogP contribution is -2.23. The predicted molar refractivity (Wildman–Crippen MR) is 47.6 cm³/mol. The Balaban J connectivity index is 3.26. The zero-order chi connectivity index (χ0) is 12.3. The summed E-state index contributed by atoms with van der Waals surface area (Å²) in [7, 11) is 0. The van der Waals surface area contributed by atoms with Gasteiger partial charge in [-0.3, -0.25) is 9.78 Å².